The molecule has 0 aromatic heterocycles. The van der Waals surface area contributed by atoms with Crippen molar-refractivity contribution in [2.75, 3.05) is 0 Å². The van der Waals surface area contributed by atoms with Crippen molar-refractivity contribution in [2.24, 2.45) is 0 Å². The lowest BCUT2D eigenvalue weighted by Gasteiger charge is -2.31. The fourth-order valence-electron chi connectivity index (χ4n) is 2.80. The van der Waals surface area contributed by atoms with Crippen LogP contribution in [-0.4, -0.2) is 8.07 Å². The lowest BCUT2D eigenvalue weighted by molar-refractivity contribution is 0.878. The lowest BCUT2D eigenvalue weighted by atomic mass is 10.1. The molecule has 0 bridgehead atoms. The van der Waals surface area contributed by atoms with Crippen LogP contribution in [0, 0.1) is 0 Å². The van der Waals surface area contributed by atoms with Crippen LogP contribution >= 0.6 is 0 Å². The first-order valence-corrected chi connectivity index (χ1v) is 9.66. The van der Waals surface area contributed by atoms with Gasteiger partial charge in [0.2, 0.25) is 0 Å². The summed E-state index contributed by atoms with van der Waals surface area (Å²) in [6, 6.07) is 11.1. The molecule has 0 saturated carbocycles. The van der Waals surface area contributed by atoms with Gasteiger partial charge in [-0.05, 0) is 12.0 Å². The molecule has 0 amide bonds. The molecule has 1 unspecified atom stereocenters. The van der Waals surface area contributed by atoms with E-state index in [4.69, 9.17) is 0 Å². The second-order valence-corrected chi connectivity index (χ2v) is 10.1. The first-order valence-electron chi connectivity index (χ1n) is 6.59. The number of allylic oxidation sites excluding steroid dienone is 4. The highest BCUT2D eigenvalue weighted by atomic mass is 28.3. The lowest BCUT2D eigenvalue weighted by Crippen LogP contribution is -2.45. The normalized spacial score (nSPS) is 19.5. The molecule has 1 aromatic rings. The van der Waals surface area contributed by atoms with E-state index in [9.17, 15) is 0 Å². The van der Waals surface area contributed by atoms with Crippen LogP contribution in [0.25, 0.3) is 0 Å². The number of benzene rings is 1. The van der Waals surface area contributed by atoms with E-state index in [1.807, 2.05) is 0 Å². The van der Waals surface area contributed by atoms with Crippen molar-refractivity contribution in [1.29, 1.82) is 0 Å². The predicted molar refractivity (Wildman–Crippen MR) is 79.4 cm³/mol. The Labute approximate surface area is 106 Å². The van der Waals surface area contributed by atoms with Crippen molar-refractivity contribution in [1.82, 2.24) is 0 Å². The van der Waals surface area contributed by atoms with Crippen LogP contribution in [0.3, 0.4) is 0 Å². The molecular formula is C16H22Si. The van der Waals surface area contributed by atoms with Gasteiger partial charge >= 0.3 is 0 Å². The van der Waals surface area contributed by atoms with Gasteiger partial charge in [0, 0.05) is 0 Å². The molecule has 1 aliphatic rings. The zero-order chi connectivity index (χ0) is 12.3. The number of hydrogen-bond donors (Lipinski definition) is 0. The molecular weight excluding hydrogens is 220 g/mol. The Balaban J connectivity index is 2.27. The first-order chi connectivity index (χ1) is 8.16. The van der Waals surface area contributed by atoms with E-state index in [2.05, 4.69) is 68.6 Å². The van der Waals surface area contributed by atoms with Gasteiger partial charge in [-0.15, -0.1) is 0 Å². The van der Waals surface area contributed by atoms with E-state index in [0.717, 1.165) is 0 Å². The first kappa shape index (κ1) is 12.4. The van der Waals surface area contributed by atoms with Crippen LogP contribution in [0.2, 0.25) is 18.6 Å². The van der Waals surface area contributed by atoms with Gasteiger partial charge in [0.15, 0.2) is 0 Å². The van der Waals surface area contributed by atoms with Gasteiger partial charge in [-0.1, -0.05) is 85.8 Å². The Hall–Kier alpha value is -1.08. The number of rotatable bonds is 4. The second-order valence-electron chi connectivity index (χ2n) is 5.44. The standard InChI is InChI=1S/C16H22Si/c1-4-9-14-10-8-13-16(14)17(2,3)15-11-6-5-7-12-15/h5-8,10-13,16H,4,9H2,1-3H3. The minimum Gasteiger partial charge on any atom is -0.0797 e. The summed E-state index contributed by atoms with van der Waals surface area (Å²) in [5.41, 5.74) is 2.35. The average molecular weight is 242 g/mol. The van der Waals surface area contributed by atoms with Crippen molar-refractivity contribution in [3.8, 4) is 0 Å². The van der Waals surface area contributed by atoms with E-state index in [-0.39, 0.29) is 0 Å². The molecule has 0 heterocycles. The van der Waals surface area contributed by atoms with Gasteiger partial charge < -0.3 is 0 Å². The summed E-state index contributed by atoms with van der Waals surface area (Å²) in [7, 11) is -1.40. The Morgan fingerprint density at radius 1 is 1.12 bits per heavy atom. The predicted octanol–water partition coefficient (Wildman–Crippen LogP) is 4.27. The third kappa shape index (κ3) is 2.44. The summed E-state index contributed by atoms with van der Waals surface area (Å²) in [6.07, 6.45) is 9.52. The Bertz CT molecular complexity index is 426. The second kappa shape index (κ2) is 5.05. The number of hydrogen-bond acceptors (Lipinski definition) is 0. The zero-order valence-electron chi connectivity index (χ0n) is 11.1. The average Bonchev–Trinajstić information content (AvgIpc) is 2.80. The topological polar surface area (TPSA) is 0 Å². The molecule has 90 valence electrons. The molecule has 1 aromatic carbocycles. The van der Waals surface area contributed by atoms with Gasteiger partial charge in [0.05, 0.1) is 8.07 Å². The molecule has 0 saturated heterocycles. The highest BCUT2D eigenvalue weighted by Crippen LogP contribution is 2.37. The maximum Gasteiger partial charge on any atom is 0.0915 e. The maximum absolute atomic E-state index is 2.49. The smallest absolute Gasteiger partial charge is 0.0797 e. The summed E-state index contributed by atoms with van der Waals surface area (Å²) in [4.78, 5) is 0. The highest BCUT2D eigenvalue weighted by molar-refractivity contribution is 6.91. The summed E-state index contributed by atoms with van der Waals surface area (Å²) in [5.74, 6) is 0. The molecule has 1 heteroatoms. The van der Waals surface area contributed by atoms with E-state index in [0.29, 0.717) is 5.54 Å². The van der Waals surface area contributed by atoms with Gasteiger partial charge in [-0.2, -0.15) is 0 Å². The Kier molecular flexibility index (Phi) is 3.68. The third-order valence-electron chi connectivity index (χ3n) is 3.85. The monoisotopic (exact) mass is 242 g/mol. The molecule has 1 atom stereocenters. The summed E-state index contributed by atoms with van der Waals surface area (Å²) in [6.45, 7) is 7.26. The Morgan fingerprint density at radius 2 is 1.82 bits per heavy atom. The van der Waals surface area contributed by atoms with Crippen molar-refractivity contribution < 1.29 is 0 Å². The maximum atomic E-state index is 2.49. The van der Waals surface area contributed by atoms with Crippen LogP contribution in [-0.2, 0) is 0 Å². The summed E-state index contributed by atoms with van der Waals surface area (Å²) in [5, 5.41) is 1.57. The minimum atomic E-state index is -1.40. The van der Waals surface area contributed by atoms with Crippen molar-refractivity contribution in [3.63, 3.8) is 0 Å². The summed E-state index contributed by atoms with van der Waals surface area (Å²) >= 11 is 0. The zero-order valence-corrected chi connectivity index (χ0v) is 12.1. The van der Waals surface area contributed by atoms with Gasteiger partial charge in [0.1, 0.15) is 0 Å². The van der Waals surface area contributed by atoms with E-state index >= 15 is 0 Å². The minimum absolute atomic E-state index is 0.699. The molecule has 0 aliphatic heterocycles. The highest BCUT2D eigenvalue weighted by Gasteiger charge is 2.34. The molecule has 1 aliphatic carbocycles. The Morgan fingerprint density at radius 3 is 2.47 bits per heavy atom. The van der Waals surface area contributed by atoms with Gasteiger partial charge in [-0.3, -0.25) is 0 Å². The molecule has 17 heavy (non-hydrogen) atoms. The summed E-state index contributed by atoms with van der Waals surface area (Å²) < 4.78 is 0. The molecule has 0 nitrogen and oxygen atoms in total. The fourth-order valence-corrected chi connectivity index (χ4v) is 5.97. The molecule has 0 radical (unpaired) electrons. The van der Waals surface area contributed by atoms with Gasteiger partial charge in [-0.25, -0.2) is 0 Å². The molecule has 0 spiro atoms. The van der Waals surface area contributed by atoms with Crippen LogP contribution in [0.1, 0.15) is 19.8 Å². The molecule has 0 N–H and O–H groups in total. The van der Waals surface area contributed by atoms with Crippen molar-refractivity contribution >= 4 is 13.3 Å². The SMILES string of the molecule is CCCC1=CC=CC1[Si](C)(C)c1ccccc1. The van der Waals surface area contributed by atoms with Crippen LogP contribution in [0.15, 0.2) is 54.1 Å². The quantitative estimate of drug-likeness (QED) is 0.692. The largest absolute Gasteiger partial charge is 0.0915 e. The molecule has 2 rings (SSSR count). The van der Waals surface area contributed by atoms with Crippen molar-refractivity contribution in [3.05, 3.63) is 54.1 Å². The fraction of sp³-hybridized carbons (Fsp3) is 0.375. The third-order valence-corrected chi connectivity index (χ3v) is 7.79. The van der Waals surface area contributed by atoms with Crippen LogP contribution in [0.4, 0.5) is 0 Å². The van der Waals surface area contributed by atoms with Crippen LogP contribution in [0.5, 0.6) is 0 Å². The van der Waals surface area contributed by atoms with E-state index in [1.54, 1.807) is 10.8 Å². The van der Waals surface area contributed by atoms with E-state index in [1.165, 1.54) is 12.8 Å². The molecule has 0 fully saturated rings. The van der Waals surface area contributed by atoms with Crippen molar-refractivity contribution in [2.45, 2.75) is 38.4 Å². The van der Waals surface area contributed by atoms with E-state index < -0.39 is 8.07 Å². The van der Waals surface area contributed by atoms with Crippen LogP contribution < -0.4 is 5.19 Å². The van der Waals surface area contributed by atoms with Gasteiger partial charge in [0.25, 0.3) is 0 Å².